The monoisotopic (exact) mass is 441 g/mol. The molecular formula is C22H20ClN3O5. The first kappa shape index (κ1) is 20.9. The average molecular weight is 442 g/mol. The summed E-state index contributed by atoms with van der Waals surface area (Å²) < 4.78 is 5.36. The summed E-state index contributed by atoms with van der Waals surface area (Å²) in [6, 6.07) is 14.2. The maximum atomic E-state index is 12.8. The van der Waals surface area contributed by atoms with Crippen LogP contribution in [0.4, 0.5) is 0 Å². The molecule has 2 saturated heterocycles. The number of β-lactam (4-membered cyclic amide) rings is 1. The van der Waals surface area contributed by atoms with Gasteiger partial charge in [0.2, 0.25) is 18.0 Å². The quantitative estimate of drug-likeness (QED) is 0.561. The molecule has 3 atom stereocenters. The maximum Gasteiger partial charge on any atom is 0.350 e. The lowest BCUT2D eigenvalue weighted by molar-refractivity contribution is -0.169. The van der Waals surface area contributed by atoms with Crippen molar-refractivity contribution in [1.29, 1.82) is 0 Å². The Kier molecular flexibility index (Phi) is 5.65. The molecular weight excluding hydrogens is 422 g/mol. The number of hydrogen-bond donors (Lipinski definition) is 1. The van der Waals surface area contributed by atoms with Crippen molar-refractivity contribution in [2.45, 2.75) is 31.8 Å². The SMILES string of the molecule is CC(=O)N1CC2[C@H](NC(=O)c3ccccc3Cl)C(=O)N2C1C(=O)OCc1ccccc1. The summed E-state index contributed by atoms with van der Waals surface area (Å²) in [5.74, 6) is -1.99. The minimum Gasteiger partial charge on any atom is -0.458 e. The highest BCUT2D eigenvalue weighted by Gasteiger charge is 2.61. The predicted molar refractivity (Wildman–Crippen MR) is 111 cm³/mol. The van der Waals surface area contributed by atoms with Crippen molar-refractivity contribution in [3.63, 3.8) is 0 Å². The molecule has 0 aromatic heterocycles. The van der Waals surface area contributed by atoms with Crippen LogP contribution in [0, 0.1) is 0 Å². The zero-order valence-corrected chi connectivity index (χ0v) is 17.4. The Bertz CT molecular complexity index is 1040. The number of nitrogens with one attached hydrogen (secondary N) is 1. The number of amides is 3. The lowest BCUT2D eigenvalue weighted by atomic mass is 9.96. The summed E-state index contributed by atoms with van der Waals surface area (Å²) >= 11 is 6.06. The Morgan fingerprint density at radius 3 is 2.45 bits per heavy atom. The van der Waals surface area contributed by atoms with Crippen LogP contribution in [0.15, 0.2) is 54.6 Å². The topological polar surface area (TPSA) is 96.0 Å². The van der Waals surface area contributed by atoms with Gasteiger partial charge in [-0.05, 0) is 17.7 Å². The van der Waals surface area contributed by atoms with E-state index in [1.54, 1.807) is 24.3 Å². The van der Waals surface area contributed by atoms with Gasteiger partial charge in [0.05, 0.1) is 16.6 Å². The van der Waals surface area contributed by atoms with Crippen molar-refractivity contribution < 1.29 is 23.9 Å². The Labute approximate surface area is 183 Å². The summed E-state index contributed by atoms with van der Waals surface area (Å²) in [7, 11) is 0. The first-order chi connectivity index (χ1) is 14.9. The molecule has 3 amide bonds. The maximum absolute atomic E-state index is 12.8. The molecule has 2 aliphatic rings. The minimum absolute atomic E-state index is 0.0291. The van der Waals surface area contributed by atoms with Crippen molar-refractivity contribution in [3.8, 4) is 0 Å². The van der Waals surface area contributed by atoms with E-state index in [2.05, 4.69) is 5.32 Å². The van der Waals surface area contributed by atoms with Crippen LogP contribution in [-0.4, -0.2) is 58.3 Å². The van der Waals surface area contributed by atoms with Gasteiger partial charge >= 0.3 is 5.97 Å². The number of rotatable bonds is 5. The van der Waals surface area contributed by atoms with Crippen LogP contribution >= 0.6 is 11.6 Å². The number of carbonyl (C=O) groups is 4. The minimum atomic E-state index is -1.15. The van der Waals surface area contributed by atoms with Gasteiger partial charge in [-0.25, -0.2) is 4.79 Å². The highest BCUT2D eigenvalue weighted by atomic mass is 35.5. The van der Waals surface area contributed by atoms with E-state index in [0.29, 0.717) is 0 Å². The standard InChI is InChI=1S/C22H20ClN3O5/c1-13(27)25-11-17-18(24-19(28)15-9-5-6-10-16(15)23)21(29)26(17)20(25)22(30)31-12-14-7-3-2-4-8-14/h2-10,17-18,20H,11-12H2,1H3,(H,24,28)/t17?,18-,20?/m0/s1. The second-order valence-corrected chi connectivity index (χ2v) is 7.79. The fraction of sp³-hybridized carbons (Fsp3) is 0.273. The van der Waals surface area contributed by atoms with E-state index in [1.807, 2.05) is 30.3 Å². The molecule has 0 spiro atoms. The zero-order chi connectivity index (χ0) is 22.1. The van der Waals surface area contributed by atoms with E-state index < -0.39 is 36.0 Å². The van der Waals surface area contributed by atoms with Crippen LogP contribution in [0.25, 0.3) is 0 Å². The molecule has 2 heterocycles. The van der Waals surface area contributed by atoms with E-state index >= 15 is 0 Å². The van der Waals surface area contributed by atoms with E-state index in [1.165, 1.54) is 16.7 Å². The van der Waals surface area contributed by atoms with Crippen LogP contribution in [0.5, 0.6) is 0 Å². The van der Waals surface area contributed by atoms with Gasteiger partial charge in [-0.15, -0.1) is 0 Å². The summed E-state index contributed by atoms with van der Waals surface area (Å²) in [5, 5.41) is 2.93. The lowest BCUT2D eigenvalue weighted by Crippen LogP contribution is -2.71. The second-order valence-electron chi connectivity index (χ2n) is 7.38. The molecule has 0 bridgehead atoms. The molecule has 2 aromatic rings. The predicted octanol–water partition coefficient (Wildman–Crippen LogP) is 1.58. The molecule has 9 heteroatoms. The first-order valence-corrected chi connectivity index (χ1v) is 10.1. The van der Waals surface area contributed by atoms with Crippen molar-refractivity contribution in [2.75, 3.05) is 6.54 Å². The van der Waals surface area contributed by atoms with Gasteiger partial charge in [-0.2, -0.15) is 0 Å². The zero-order valence-electron chi connectivity index (χ0n) is 16.7. The molecule has 2 fully saturated rings. The van der Waals surface area contributed by atoms with Gasteiger partial charge in [0.1, 0.15) is 12.6 Å². The molecule has 160 valence electrons. The third-order valence-corrected chi connectivity index (χ3v) is 5.78. The molecule has 2 unspecified atom stereocenters. The number of carbonyl (C=O) groups excluding carboxylic acids is 4. The van der Waals surface area contributed by atoms with Crippen LogP contribution in [0.2, 0.25) is 5.02 Å². The Morgan fingerprint density at radius 2 is 1.77 bits per heavy atom. The van der Waals surface area contributed by atoms with Crippen molar-refractivity contribution in [3.05, 3.63) is 70.7 Å². The first-order valence-electron chi connectivity index (χ1n) is 9.74. The number of esters is 1. The molecule has 2 aromatic carbocycles. The molecule has 31 heavy (non-hydrogen) atoms. The molecule has 0 saturated carbocycles. The summed E-state index contributed by atoms with van der Waals surface area (Å²) in [6.45, 7) is 1.48. The number of hydrogen-bond acceptors (Lipinski definition) is 5. The molecule has 0 radical (unpaired) electrons. The average Bonchev–Trinajstić information content (AvgIpc) is 3.13. The van der Waals surface area contributed by atoms with Gasteiger partial charge in [0.15, 0.2) is 0 Å². The van der Waals surface area contributed by atoms with E-state index in [0.717, 1.165) is 5.56 Å². The van der Waals surface area contributed by atoms with Crippen LogP contribution in [-0.2, 0) is 25.7 Å². The Balaban J connectivity index is 1.46. The summed E-state index contributed by atoms with van der Waals surface area (Å²) in [4.78, 5) is 52.8. The number of benzene rings is 2. The van der Waals surface area contributed by atoms with Gasteiger partial charge in [-0.1, -0.05) is 54.1 Å². The van der Waals surface area contributed by atoms with E-state index in [-0.39, 0.29) is 29.6 Å². The molecule has 2 aliphatic heterocycles. The molecule has 8 nitrogen and oxygen atoms in total. The normalized spacial score (nSPS) is 21.9. The Morgan fingerprint density at radius 1 is 1.10 bits per heavy atom. The molecule has 1 N–H and O–H groups in total. The third kappa shape index (κ3) is 3.86. The van der Waals surface area contributed by atoms with Crippen LogP contribution < -0.4 is 5.32 Å². The largest absolute Gasteiger partial charge is 0.458 e. The van der Waals surface area contributed by atoms with E-state index in [9.17, 15) is 19.2 Å². The molecule has 0 aliphatic carbocycles. The summed E-state index contributed by atoms with van der Waals surface area (Å²) in [6.07, 6.45) is -1.15. The lowest BCUT2D eigenvalue weighted by Gasteiger charge is -2.43. The highest BCUT2D eigenvalue weighted by molar-refractivity contribution is 6.33. The number of ether oxygens (including phenoxy) is 1. The van der Waals surface area contributed by atoms with Crippen molar-refractivity contribution in [1.82, 2.24) is 15.1 Å². The van der Waals surface area contributed by atoms with Gasteiger partial charge in [0, 0.05) is 13.5 Å². The molecule has 4 rings (SSSR count). The van der Waals surface area contributed by atoms with Crippen LogP contribution in [0.3, 0.4) is 0 Å². The van der Waals surface area contributed by atoms with Crippen molar-refractivity contribution >= 4 is 35.3 Å². The van der Waals surface area contributed by atoms with E-state index in [4.69, 9.17) is 16.3 Å². The van der Waals surface area contributed by atoms with Gasteiger partial charge in [0.25, 0.3) is 5.91 Å². The van der Waals surface area contributed by atoms with Crippen LogP contribution in [0.1, 0.15) is 22.8 Å². The fourth-order valence-corrected chi connectivity index (χ4v) is 4.10. The van der Waals surface area contributed by atoms with Gasteiger partial charge < -0.3 is 19.9 Å². The Hall–Kier alpha value is -3.39. The van der Waals surface area contributed by atoms with Crippen molar-refractivity contribution in [2.24, 2.45) is 0 Å². The number of fused-ring (bicyclic) bond motifs is 1. The fourth-order valence-electron chi connectivity index (χ4n) is 3.88. The highest BCUT2D eigenvalue weighted by Crippen LogP contribution is 2.33. The van der Waals surface area contributed by atoms with Gasteiger partial charge in [-0.3, -0.25) is 14.4 Å². The number of halogens is 1. The third-order valence-electron chi connectivity index (χ3n) is 5.45. The second kappa shape index (κ2) is 8.39. The number of nitrogens with zero attached hydrogens (tertiary/aromatic N) is 2. The summed E-state index contributed by atoms with van der Waals surface area (Å²) in [5.41, 5.74) is 1.04. The smallest absolute Gasteiger partial charge is 0.350 e.